The summed E-state index contributed by atoms with van der Waals surface area (Å²) in [7, 11) is -3.36. The number of pyridine rings is 1. The maximum absolute atomic E-state index is 11.9. The quantitative estimate of drug-likeness (QED) is 0.625. The average Bonchev–Trinajstić information content (AvgIpc) is 2.81. The van der Waals surface area contributed by atoms with Gasteiger partial charge in [0.2, 0.25) is 10.0 Å². The third kappa shape index (κ3) is 4.07. The molecule has 8 heteroatoms. The number of alkyl halides is 1. The largest absolute Gasteiger partial charge is 0.282 e. The molecule has 0 atom stereocenters. The summed E-state index contributed by atoms with van der Waals surface area (Å²) >= 11 is 5.55. The van der Waals surface area contributed by atoms with Crippen LogP contribution in [0.3, 0.4) is 0 Å². The van der Waals surface area contributed by atoms with Crippen LogP contribution in [0, 0.1) is 0 Å². The molecule has 0 saturated heterocycles. The van der Waals surface area contributed by atoms with E-state index in [1.807, 2.05) is 13.8 Å². The number of sulfonamides is 1. The van der Waals surface area contributed by atoms with E-state index in [9.17, 15) is 8.42 Å². The van der Waals surface area contributed by atoms with Gasteiger partial charge < -0.3 is 0 Å². The van der Waals surface area contributed by atoms with Crippen molar-refractivity contribution in [2.75, 3.05) is 16.4 Å². The second kappa shape index (κ2) is 6.62. The lowest BCUT2D eigenvalue weighted by Crippen LogP contribution is -2.17. The van der Waals surface area contributed by atoms with Gasteiger partial charge in [0.05, 0.1) is 23.8 Å². The summed E-state index contributed by atoms with van der Waals surface area (Å²) in [6.45, 7) is 4.03. The molecule has 0 unspecified atom stereocenters. The van der Waals surface area contributed by atoms with Crippen LogP contribution in [0.25, 0.3) is 11.0 Å². The van der Waals surface area contributed by atoms with Crippen molar-refractivity contribution in [1.82, 2.24) is 14.8 Å². The highest BCUT2D eigenvalue weighted by Gasteiger charge is 2.12. The summed E-state index contributed by atoms with van der Waals surface area (Å²) in [5, 5.41) is 5.07. The van der Waals surface area contributed by atoms with Gasteiger partial charge in [-0.05, 0) is 32.8 Å². The van der Waals surface area contributed by atoms with E-state index in [-0.39, 0.29) is 11.8 Å². The van der Waals surface area contributed by atoms with Crippen LogP contribution in [0.5, 0.6) is 0 Å². The second-order valence-electron chi connectivity index (χ2n) is 5.14. The van der Waals surface area contributed by atoms with E-state index in [1.54, 1.807) is 16.9 Å². The van der Waals surface area contributed by atoms with Crippen molar-refractivity contribution >= 4 is 38.3 Å². The highest BCUT2D eigenvalue weighted by molar-refractivity contribution is 7.92. The van der Waals surface area contributed by atoms with Crippen LogP contribution in [0.1, 0.15) is 32.7 Å². The zero-order valence-electron chi connectivity index (χ0n) is 12.1. The fourth-order valence-electron chi connectivity index (χ4n) is 1.99. The predicted octanol–water partition coefficient (Wildman–Crippen LogP) is 2.77. The lowest BCUT2D eigenvalue weighted by Gasteiger charge is -2.09. The molecule has 0 spiro atoms. The molecule has 0 amide bonds. The minimum absolute atomic E-state index is 0.0585. The van der Waals surface area contributed by atoms with Crippen LogP contribution in [0.2, 0.25) is 0 Å². The predicted molar refractivity (Wildman–Crippen MR) is 85.3 cm³/mol. The number of rotatable bonds is 7. The van der Waals surface area contributed by atoms with Crippen LogP contribution in [-0.4, -0.2) is 34.8 Å². The van der Waals surface area contributed by atoms with E-state index in [1.165, 1.54) is 6.20 Å². The van der Waals surface area contributed by atoms with Crippen molar-refractivity contribution in [3.05, 3.63) is 18.5 Å². The minimum Gasteiger partial charge on any atom is -0.282 e. The second-order valence-corrected chi connectivity index (χ2v) is 7.36. The van der Waals surface area contributed by atoms with E-state index in [0.717, 1.165) is 11.0 Å². The standard InChI is InChI=1S/C13H19ClN4O2S/c1-10(2)18-13-11(8-16-18)7-12(9-15-13)17-21(19,20)6-4-3-5-14/h7-10,17H,3-6H2,1-2H3. The van der Waals surface area contributed by atoms with Crippen molar-refractivity contribution in [3.8, 4) is 0 Å². The van der Waals surface area contributed by atoms with Crippen molar-refractivity contribution in [2.45, 2.75) is 32.7 Å². The van der Waals surface area contributed by atoms with Gasteiger partial charge in [0.15, 0.2) is 5.65 Å². The zero-order chi connectivity index (χ0) is 15.5. The van der Waals surface area contributed by atoms with Gasteiger partial charge in [-0.15, -0.1) is 11.6 Å². The van der Waals surface area contributed by atoms with Crippen LogP contribution in [0.15, 0.2) is 18.5 Å². The molecule has 0 bridgehead atoms. The monoisotopic (exact) mass is 330 g/mol. The van der Waals surface area contributed by atoms with Crippen molar-refractivity contribution < 1.29 is 8.42 Å². The van der Waals surface area contributed by atoms with E-state index in [0.29, 0.717) is 24.4 Å². The Balaban J connectivity index is 2.16. The molecule has 1 N–H and O–H groups in total. The number of hydrogen-bond acceptors (Lipinski definition) is 4. The van der Waals surface area contributed by atoms with Crippen molar-refractivity contribution in [3.63, 3.8) is 0 Å². The van der Waals surface area contributed by atoms with Gasteiger partial charge in [-0.3, -0.25) is 4.72 Å². The van der Waals surface area contributed by atoms with Gasteiger partial charge in [-0.25, -0.2) is 18.1 Å². The van der Waals surface area contributed by atoms with Gasteiger partial charge in [0, 0.05) is 17.3 Å². The van der Waals surface area contributed by atoms with Gasteiger partial charge >= 0.3 is 0 Å². The van der Waals surface area contributed by atoms with Gasteiger partial charge in [-0.2, -0.15) is 5.10 Å². The zero-order valence-corrected chi connectivity index (χ0v) is 13.7. The smallest absolute Gasteiger partial charge is 0.232 e. The van der Waals surface area contributed by atoms with Crippen molar-refractivity contribution in [1.29, 1.82) is 0 Å². The van der Waals surface area contributed by atoms with Gasteiger partial charge in [-0.1, -0.05) is 0 Å². The molecule has 2 aromatic rings. The molecule has 0 radical (unpaired) electrons. The third-order valence-corrected chi connectivity index (χ3v) is 4.63. The number of unbranched alkanes of at least 4 members (excludes halogenated alkanes) is 1. The lowest BCUT2D eigenvalue weighted by atomic mass is 10.3. The minimum atomic E-state index is -3.36. The number of nitrogens with one attached hydrogen (secondary N) is 1. The number of hydrogen-bond donors (Lipinski definition) is 1. The van der Waals surface area contributed by atoms with E-state index in [4.69, 9.17) is 11.6 Å². The highest BCUT2D eigenvalue weighted by atomic mass is 35.5. The topological polar surface area (TPSA) is 76.9 Å². The molecule has 0 aliphatic heterocycles. The number of nitrogens with zero attached hydrogens (tertiary/aromatic N) is 3. The third-order valence-electron chi connectivity index (χ3n) is 2.99. The molecule has 2 rings (SSSR count). The van der Waals surface area contributed by atoms with Crippen LogP contribution < -0.4 is 4.72 Å². The SMILES string of the molecule is CC(C)n1ncc2cc(NS(=O)(=O)CCCCCl)cnc21. The fourth-order valence-corrected chi connectivity index (χ4v) is 3.34. The molecule has 21 heavy (non-hydrogen) atoms. The average molecular weight is 331 g/mol. The molecule has 0 saturated carbocycles. The molecule has 0 fully saturated rings. The molecule has 2 heterocycles. The summed E-state index contributed by atoms with van der Waals surface area (Å²) in [4.78, 5) is 4.30. The first-order valence-corrected chi connectivity index (χ1v) is 9.01. The Morgan fingerprint density at radius 3 is 2.76 bits per heavy atom. The normalized spacial score (nSPS) is 12.2. The van der Waals surface area contributed by atoms with Gasteiger partial charge in [0.25, 0.3) is 0 Å². The Labute approximate surface area is 129 Å². The highest BCUT2D eigenvalue weighted by Crippen LogP contribution is 2.19. The Hall–Kier alpha value is -1.34. The van der Waals surface area contributed by atoms with Crippen molar-refractivity contribution in [2.24, 2.45) is 0 Å². The molecule has 2 aromatic heterocycles. The maximum atomic E-state index is 11.9. The fraction of sp³-hybridized carbons (Fsp3) is 0.538. The molecule has 0 aliphatic carbocycles. The molecule has 0 aromatic carbocycles. The molecule has 116 valence electrons. The summed E-state index contributed by atoms with van der Waals surface area (Å²) in [5.74, 6) is 0.528. The molecule has 6 nitrogen and oxygen atoms in total. The number of anilines is 1. The first-order valence-electron chi connectivity index (χ1n) is 6.82. The summed E-state index contributed by atoms with van der Waals surface area (Å²) in [6, 6.07) is 1.95. The Bertz CT molecular complexity index is 712. The molecule has 0 aliphatic rings. The van der Waals surface area contributed by atoms with E-state index in [2.05, 4.69) is 14.8 Å². The Morgan fingerprint density at radius 2 is 2.10 bits per heavy atom. The van der Waals surface area contributed by atoms with Crippen LogP contribution in [0.4, 0.5) is 5.69 Å². The lowest BCUT2D eigenvalue weighted by molar-refractivity contribution is 0.546. The Kier molecular flexibility index (Phi) is 5.05. The van der Waals surface area contributed by atoms with E-state index < -0.39 is 10.0 Å². The van der Waals surface area contributed by atoms with Gasteiger partial charge in [0.1, 0.15) is 0 Å². The molecular weight excluding hydrogens is 312 g/mol. The van der Waals surface area contributed by atoms with E-state index >= 15 is 0 Å². The summed E-state index contributed by atoms with van der Waals surface area (Å²) in [6.07, 6.45) is 4.43. The molecular formula is C13H19ClN4O2S. The number of fused-ring (bicyclic) bond motifs is 1. The van der Waals surface area contributed by atoms with Crippen LogP contribution in [-0.2, 0) is 10.0 Å². The number of aromatic nitrogens is 3. The number of halogens is 1. The Morgan fingerprint density at radius 1 is 1.33 bits per heavy atom. The summed E-state index contributed by atoms with van der Waals surface area (Å²) in [5.41, 5.74) is 1.20. The van der Waals surface area contributed by atoms with Crippen LogP contribution >= 0.6 is 11.6 Å². The first-order chi connectivity index (χ1) is 9.93. The summed E-state index contributed by atoms with van der Waals surface area (Å²) < 4.78 is 28.2. The first kappa shape index (κ1) is 16.0. The maximum Gasteiger partial charge on any atom is 0.232 e.